The second-order valence-electron chi connectivity index (χ2n) is 6.38. The van der Waals surface area contributed by atoms with Crippen molar-refractivity contribution in [3.05, 3.63) is 96.6 Å². The molecule has 3 aromatic rings. The minimum Gasteiger partial charge on any atom is -0.341 e. The van der Waals surface area contributed by atoms with E-state index in [2.05, 4.69) is 36.1 Å². The van der Waals surface area contributed by atoms with E-state index in [0.717, 1.165) is 23.5 Å². The maximum absolute atomic E-state index is 12.5. The van der Waals surface area contributed by atoms with Gasteiger partial charge in [0.1, 0.15) is 0 Å². The molecule has 0 aliphatic carbocycles. The summed E-state index contributed by atoms with van der Waals surface area (Å²) in [6.07, 6.45) is 0.542. The summed E-state index contributed by atoms with van der Waals surface area (Å²) in [5.41, 5.74) is 3.08. The van der Waals surface area contributed by atoms with Crippen molar-refractivity contribution >= 4 is 17.2 Å². The first-order valence-electron chi connectivity index (χ1n) is 8.70. The Labute approximate surface area is 149 Å². The fraction of sp³-hybridized carbons (Fsp3) is 0.174. The number of carbonyl (C=O) groups excluding carboxylic acids is 1. The zero-order valence-electron chi connectivity index (χ0n) is 14.5. The van der Waals surface area contributed by atoms with Gasteiger partial charge in [0.25, 0.3) is 0 Å². The molecule has 3 rings (SSSR count). The predicted octanol–water partition coefficient (Wildman–Crippen LogP) is 5.73. The molecule has 2 heteroatoms. The summed E-state index contributed by atoms with van der Waals surface area (Å²) in [6.45, 7) is 2.94. The highest BCUT2D eigenvalue weighted by atomic mass is 16.1. The van der Waals surface area contributed by atoms with Crippen molar-refractivity contribution in [2.45, 2.75) is 13.3 Å². The van der Waals surface area contributed by atoms with Gasteiger partial charge in [-0.25, -0.2) is 0 Å². The van der Waals surface area contributed by atoms with Crippen LogP contribution in [0.25, 0.3) is 0 Å². The summed E-state index contributed by atoms with van der Waals surface area (Å²) in [7, 11) is 0. The molecule has 2 nitrogen and oxygen atoms in total. The summed E-state index contributed by atoms with van der Waals surface area (Å²) in [6, 6.07) is 30.2. The third-order valence-electron chi connectivity index (χ3n) is 4.26. The molecule has 0 heterocycles. The Kier molecular flexibility index (Phi) is 5.63. The number of hydrogen-bond donors (Lipinski definition) is 0. The lowest BCUT2D eigenvalue weighted by atomic mass is 9.99. The number of hydrogen-bond acceptors (Lipinski definition) is 2. The average Bonchev–Trinajstić information content (AvgIpc) is 2.68. The molecule has 1 unspecified atom stereocenters. The molecule has 0 N–H and O–H groups in total. The summed E-state index contributed by atoms with van der Waals surface area (Å²) in [5, 5.41) is 0. The first-order chi connectivity index (χ1) is 12.2. The molecule has 0 aromatic heterocycles. The molecule has 3 aromatic carbocycles. The number of anilines is 2. The second kappa shape index (κ2) is 8.29. The molecule has 1 atom stereocenters. The minimum atomic E-state index is 0.203. The van der Waals surface area contributed by atoms with Crippen molar-refractivity contribution in [3.63, 3.8) is 0 Å². The molecule has 25 heavy (non-hydrogen) atoms. The van der Waals surface area contributed by atoms with Gasteiger partial charge in [0.15, 0.2) is 5.78 Å². The summed E-state index contributed by atoms with van der Waals surface area (Å²) < 4.78 is 0. The zero-order chi connectivity index (χ0) is 17.5. The third kappa shape index (κ3) is 4.57. The van der Waals surface area contributed by atoms with Crippen LogP contribution in [-0.4, -0.2) is 12.3 Å². The van der Waals surface area contributed by atoms with Crippen LogP contribution in [0, 0.1) is 5.92 Å². The molecule has 0 spiro atoms. The Morgan fingerprint density at radius 3 is 1.68 bits per heavy atom. The minimum absolute atomic E-state index is 0.203. The fourth-order valence-electron chi connectivity index (χ4n) is 3.01. The number of carbonyl (C=O) groups is 1. The van der Waals surface area contributed by atoms with Crippen LogP contribution in [0.15, 0.2) is 91.0 Å². The van der Waals surface area contributed by atoms with E-state index in [0.29, 0.717) is 6.42 Å². The summed E-state index contributed by atoms with van der Waals surface area (Å²) in [4.78, 5) is 14.8. The number of Topliss-reactive ketones (excluding diaryl/α,β-unsaturated/α-hetero) is 1. The highest BCUT2D eigenvalue weighted by molar-refractivity contribution is 5.96. The number of nitrogens with zero attached hydrogens (tertiary/aromatic N) is 1. The third-order valence-corrected chi connectivity index (χ3v) is 4.26. The van der Waals surface area contributed by atoms with E-state index in [1.54, 1.807) is 0 Å². The van der Waals surface area contributed by atoms with Gasteiger partial charge < -0.3 is 4.90 Å². The number of ketones is 1. The molecule has 0 bridgehead atoms. The molecule has 0 fully saturated rings. The standard InChI is InChI=1S/C23H23NO/c1-19(17-23(25)20-11-5-2-6-12-20)18-24(21-13-7-3-8-14-21)22-15-9-4-10-16-22/h2-16,19H,17-18H2,1H3. The largest absolute Gasteiger partial charge is 0.341 e. The topological polar surface area (TPSA) is 20.3 Å². The first-order valence-corrected chi connectivity index (χ1v) is 8.70. The molecular formula is C23H23NO. The summed E-state index contributed by atoms with van der Waals surface area (Å²) >= 11 is 0. The smallest absolute Gasteiger partial charge is 0.163 e. The normalized spacial score (nSPS) is 11.7. The van der Waals surface area contributed by atoms with Crippen molar-refractivity contribution in [1.29, 1.82) is 0 Å². The predicted molar refractivity (Wildman–Crippen MR) is 104 cm³/mol. The van der Waals surface area contributed by atoms with Crippen LogP contribution >= 0.6 is 0 Å². The van der Waals surface area contributed by atoms with Crippen LogP contribution in [0.5, 0.6) is 0 Å². The molecule has 0 saturated heterocycles. The van der Waals surface area contributed by atoms with Gasteiger partial charge in [-0.3, -0.25) is 4.79 Å². The van der Waals surface area contributed by atoms with Gasteiger partial charge in [-0.15, -0.1) is 0 Å². The highest BCUT2D eigenvalue weighted by Crippen LogP contribution is 2.27. The highest BCUT2D eigenvalue weighted by Gasteiger charge is 2.16. The van der Waals surface area contributed by atoms with Crippen molar-refractivity contribution in [2.24, 2.45) is 5.92 Å². The van der Waals surface area contributed by atoms with E-state index in [-0.39, 0.29) is 11.7 Å². The van der Waals surface area contributed by atoms with Crippen molar-refractivity contribution in [2.75, 3.05) is 11.4 Å². The Bertz CT molecular complexity index is 745. The van der Waals surface area contributed by atoms with E-state index < -0.39 is 0 Å². The van der Waals surface area contributed by atoms with Gasteiger partial charge in [0.05, 0.1) is 0 Å². The molecule has 0 radical (unpaired) electrons. The van der Waals surface area contributed by atoms with E-state index in [4.69, 9.17) is 0 Å². The van der Waals surface area contributed by atoms with Gasteiger partial charge in [0.2, 0.25) is 0 Å². The van der Waals surface area contributed by atoms with Gasteiger partial charge in [-0.2, -0.15) is 0 Å². The SMILES string of the molecule is CC(CC(=O)c1ccccc1)CN(c1ccccc1)c1ccccc1. The Morgan fingerprint density at radius 2 is 1.20 bits per heavy atom. The monoisotopic (exact) mass is 329 g/mol. The fourth-order valence-corrected chi connectivity index (χ4v) is 3.01. The lowest BCUT2D eigenvalue weighted by molar-refractivity contribution is 0.0966. The van der Waals surface area contributed by atoms with Gasteiger partial charge in [-0.05, 0) is 30.2 Å². The van der Waals surface area contributed by atoms with Gasteiger partial charge in [0, 0.05) is 29.9 Å². The van der Waals surface area contributed by atoms with Crippen molar-refractivity contribution in [3.8, 4) is 0 Å². The van der Waals surface area contributed by atoms with Crippen LogP contribution in [0.3, 0.4) is 0 Å². The Hall–Kier alpha value is -2.87. The van der Waals surface area contributed by atoms with E-state index in [1.165, 1.54) is 0 Å². The molecule has 0 saturated carbocycles. The lowest BCUT2D eigenvalue weighted by Crippen LogP contribution is -2.25. The average molecular weight is 329 g/mol. The van der Waals surface area contributed by atoms with Gasteiger partial charge in [-0.1, -0.05) is 73.7 Å². The van der Waals surface area contributed by atoms with Crippen LogP contribution in [0.1, 0.15) is 23.7 Å². The second-order valence-corrected chi connectivity index (χ2v) is 6.38. The van der Waals surface area contributed by atoms with E-state index in [9.17, 15) is 4.79 Å². The maximum Gasteiger partial charge on any atom is 0.163 e. The van der Waals surface area contributed by atoms with Crippen LogP contribution < -0.4 is 4.90 Å². The molecule has 0 amide bonds. The van der Waals surface area contributed by atoms with Crippen LogP contribution in [0.2, 0.25) is 0 Å². The zero-order valence-corrected chi connectivity index (χ0v) is 14.5. The number of rotatable bonds is 7. The molecule has 0 aliphatic rings. The Morgan fingerprint density at radius 1 is 0.760 bits per heavy atom. The number of para-hydroxylation sites is 2. The molecular weight excluding hydrogens is 306 g/mol. The van der Waals surface area contributed by atoms with Gasteiger partial charge >= 0.3 is 0 Å². The quantitative estimate of drug-likeness (QED) is 0.516. The van der Waals surface area contributed by atoms with Crippen LogP contribution in [-0.2, 0) is 0 Å². The summed E-state index contributed by atoms with van der Waals surface area (Å²) in [5.74, 6) is 0.447. The Balaban J connectivity index is 1.75. The van der Waals surface area contributed by atoms with E-state index in [1.807, 2.05) is 66.7 Å². The molecule has 126 valence electrons. The van der Waals surface area contributed by atoms with Crippen molar-refractivity contribution < 1.29 is 4.79 Å². The van der Waals surface area contributed by atoms with Crippen molar-refractivity contribution in [1.82, 2.24) is 0 Å². The number of benzene rings is 3. The first kappa shape index (κ1) is 17.0. The van der Waals surface area contributed by atoms with Crippen LogP contribution in [0.4, 0.5) is 11.4 Å². The molecule has 0 aliphatic heterocycles. The lowest BCUT2D eigenvalue weighted by Gasteiger charge is -2.28. The van der Waals surface area contributed by atoms with E-state index >= 15 is 0 Å². The maximum atomic E-state index is 12.5.